The molecule has 0 bridgehead atoms. The molecule has 0 aromatic heterocycles. The molecule has 0 heterocycles. The number of rotatable bonds is 14. The van der Waals surface area contributed by atoms with E-state index in [-0.39, 0.29) is 0 Å². The highest BCUT2D eigenvalue weighted by molar-refractivity contribution is 5.88. The summed E-state index contributed by atoms with van der Waals surface area (Å²) >= 11 is 0. The zero-order chi connectivity index (χ0) is 44.5. The van der Waals surface area contributed by atoms with Gasteiger partial charge >= 0.3 is 0 Å². The van der Waals surface area contributed by atoms with Crippen LogP contribution in [0.15, 0.2) is 261 Å². The summed E-state index contributed by atoms with van der Waals surface area (Å²) in [6, 6.07) is 85.7. The minimum absolute atomic E-state index is 0.767. The lowest BCUT2D eigenvalue weighted by molar-refractivity contribution is 0.482. The molecule has 0 unspecified atom stereocenters. The van der Waals surface area contributed by atoms with E-state index in [0.717, 1.165) is 107 Å². The first-order chi connectivity index (χ1) is 32.5. The second kappa shape index (κ2) is 19.3. The van der Waals surface area contributed by atoms with Crippen molar-refractivity contribution in [3.05, 3.63) is 272 Å². The predicted octanol–water partition coefficient (Wildman–Crippen LogP) is 17.6. The molecule has 0 saturated heterocycles. The molecule has 0 atom stereocenters. The molecule has 0 saturated carbocycles. The van der Waals surface area contributed by atoms with Crippen LogP contribution in [0.4, 0.5) is 0 Å². The number of hydrogen-bond donors (Lipinski definition) is 0. The minimum atomic E-state index is 0.767. The van der Waals surface area contributed by atoms with Gasteiger partial charge < -0.3 is 18.9 Å². The van der Waals surface area contributed by atoms with Gasteiger partial charge in [-0.1, -0.05) is 128 Å². The van der Waals surface area contributed by atoms with Crippen LogP contribution in [-0.2, 0) is 0 Å². The first kappa shape index (κ1) is 41.2. The average Bonchev–Trinajstić information content (AvgIpc) is 3.38. The number of hydrogen-bond acceptors (Lipinski definition) is 4. The maximum atomic E-state index is 6.16. The number of para-hydroxylation sites is 4. The molecule has 0 aliphatic rings. The molecular weight excluding hydrogens is 809 g/mol. The van der Waals surface area contributed by atoms with Gasteiger partial charge in [0.2, 0.25) is 0 Å². The maximum Gasteiger partial charge on any atom is 0.127 e. The lowest BCUT2D eigenvalue weighted by Crippen LogP contribution is -1.93. The van der Waals surface area contributed by atoms with E-state index in [1.165, 1.54) is 0 Å². The van der Waals surface area contributed by atoms with Gasteiger partial charge in [-0.25, -0.2) is 0 Å². The van der Waals surface area contributed by atoms with E-state index < -0.39 is 0 Å². The van der Waals surface area contributed by atoms with Crippen molar-refractivity contribution in [1.29, 1.82) is 0 Å². The lowest BCUT2D eigenvalue weighted by Gasteiger charge is -2.16. The summed E-state index contributed by atoms with van der Waals surface area (Å²) in [7, 11) is 0. The monoisotopic (exact) mass is 852 g/mol. The Balaban J connectivity index is 1.03. The topological polar surface area (TPSA) is 36.9 Å². The van der Waals surface area contributed by atoms with E-state index in [9.17, 15) is 0 Å². The third-order valence-electron chi connectivity index (χ3n) is 11.2. The molecule has 10 aromatic rings. The van der Waals surface area contributed by atoms with Crippen LogP contribution in [0.5, 0.6) is 46.0 Å². The van der Waals surface area contributed by atoms with Crippen LogP contribution in [0.2, 0.25) is 0 Å². The summed E-state index contributed by atoms with van der Waals surface area (Å²) in [4.78, 5) is 0. The summed E-state index contributed by atoms with van der Waals surface area (Å²) < 4.78 is 24.6. The van der Waals surface area contributed by atoms with Gasteiger partial charge in [-0.15, -0.1) is 0 Å². The van der Waals surface area contributed by atoms with Crippen molar-refractivity contribution < 1.29 is 18.9 Å². The van der Waals surface area contributed by atoms with Crippen molar-refractivity contribution in [2.24, 2.45) is 0 Å². The average molecular weight is 853 g/mol. The predicted molar refractivity (Wildman–Crippen MR) is 269 cm³/mol. The molecule has 0 aliphatic heterocycles. The molecule has 10 rings (SSSR count). The van der Waals surface area contributed by atoms with E-state index >= 15 is 0 Å². The Morgan fingerprint density at radius 3 is 0.621 bits per heavy atom. The van der Waals surface area contributed by atoms with Crippen molar-refractivity contribution in [3.8, 4) is 90.5 Å². The quantitative estimate of drug-likeness (QED) is 0.109. The molecule has 4 nitrogen and oxygen atoms in total. The molecule has 66 heavy (non-hydrogen) atoms. The summed E-state index contributed by atoms with van der Waals surface area (Å²) in [6.45, 7) is 4.80. The summed E-state index contributed by atoms with van der Waals surface area (Å²) in [6.07, 6.45) is 0. The summed E-state index contributed by atoms with van der Waals surface area (Å²) in [5, 5.41) is 0. The second-order valence-corrected chi connectivity index (χ2v) is 15.8. The van der Waals surface area contributed by atoms with Crippen LogP contribution in [0, 0.1) is 0 Å². The molecule has 0 fully saturated rings. The van der Waals surface area contributed by atoms with Gasteiger partial charge in [0.25, 0.3) is 0 Å². The fourth-order valence-electron chi connectivity index (χ4n) is 7.80. The van der Waals surface area contributed by atoms with E-state index in [1.807, 2.05) is 170 Å². The van der Waals surface area contributed by atoms with E-state index in [0.29, 0.717) is 0 Å². The van der Waals surface area contributed by atoms with Crippen molar-refractivity contribution in [3.63, 3.8) is 0 Å². The third kappa shape index (κ3) is 10.00. The standard InChI is InChI=1S/C62H44O4/c1-44(49-38-51(45-22-30-59(31-23-45)63-55-14-6-2-7-15-55)42-52(39-49)46-24-32-60(33-25-46)64-56-16-8-3-9-17-56)50-40-53(47-26-34-61(35-27-47)65-57-18-10-4-11-19-57)43-54(41-50)48-28-36-62(37-29-48)66-58-20-12-5-13-21-58/h2-43H,1H2. The lowest BCUT2D eigenvalue weighted by atomic mass is 9.88. The van der Waals surface area contributed by atoms with E-state index in [4.69, 9.17) is 25.5 Å². The Morgan fingerprint density at radius 1 is 0.212 bits per heavy atom. The normalized spacial score (nSPS) is 10.8. The molecule has 0 aliphatic carbocycles. The van der Waals surface area contributed by atoms with Crippen LogP contribution in [0.3, 0.4) is 0 Å². The molecule has 0 radical (unpaired) electrons. The fraction of sp³-hybridized carbons (Fsp3) is 0. The van der Waals surface area contributed by atoms with Gasteiger partial charge in [-0.3, -0.25) is 0 Å². The van der Waals surface area contributed by atoms with Crippen LogP contribution in [0.25, 0.3) is 50.1 Å². The SMILES string of the molecule is C=C(c1cc(-c2ccc(Oc3ccccc3)cc2)cc(-c2ccc(Oc3ccccc3)cc2)c1)c1cc(-c2ccc(Oc3ccccc3)cc2)cc(-c2ccc(Oc3ccccc3)cc2)c1. The first-order valence-corrected chi connectivity index (χ1v) is 21.9. The highest BCUT2D eigenvalue weighted by atomic mass is 16.5. The number of ether oxygens (including phenoxy) is 4. The van der Waals surface area contributed by atoms with Crippen molar-refractivity contribution in [2.45, 2.75) is 0 Å². The Morgan fingerprint density at radius 2 is 0.409 bits per heavy atom. The fourth-order valence-corrected chi connectivity index (χ4v) is 7.80. The van der Waals surface area contributed by atoms with Gasteiger partial charge in [-0.05, 0) is 195 Å². The van der Waals surface area contributed by atoms with Crippen molar-refractivity contribution in [2.75, 3.05) is 0 Å². The van der Waals surface area contributed by atoms with Crippen LogP contribution >= 0.6 is 0 Å². The second-order valence-electron chi connectivity index (χ2n) is 15.8. The van der Waals surface area contributed by atoms with Gasteiger partial charge in [-0.2, -0.15) is 0 Å². The molecule has 0 spiro atoms. The summed E-state index contributed by atoms with van der Waals surface area (Å²) in [5.74, 6) is 6.24. The highest BCUT2D eigenvalue weighted by Gasteiger charge is 2.14. The molecule has 0 amide bonds. The van der Waals surface area contributed by atoms with Crippen LogP contribution < -0.4 is 18.9 Å². The summed E-state index contributed by atoms with van der Waals surface area (Å²) in [5.41, 5.74) is 11.3. The number of benzene rings is 10. The van der Waals surface area contributed by atoms with Gasteiger partial charge in [0.05, 0.1) is 0 Å². The Labute approximate surface area is 385 Å². The van der Waals surface area contributed by atoms with Crippen LogP contribution in [-0.4, -0.2) is 0 Å². The van der Waals surface area contributed by atoms with Gasteiger partial charge in [0.15, 0.2) is 0 Å². The van der Waals surface area contributed by atoms with Crippen molar-refractivity contribution in [1.82, 2.24) is 0 Å². The zero-order valence-electron chi connectivity index (χ0n) is 36.1. The molecule has 10 aromatic carbocycles. The first-order valence-electron chi connectivity index (χ1n) is 21.9. The molecular formula is C62H44O4. The van der Waals surface area contributed by atoms with Gasteiger partial charge in [0.1, 0.15) is 46.0 Å². The Hall–Kier alpha value is -8.86. The third-order valence-corrected chi connectivity index (χ3v) is 11.2. The largest absolute Gasteiger partial charge is 0.457 e. The Kier molecular flexibility index (Phi) is 12.0. The maximum absolute atomic E-state index is 6.16. The minimum Gasteiger partial charge on any atom is -0.457 e. The smallest absolute Gasteiger partial charge is 0.127 e. The molecule has 4 heteroatoms. The van der Waals surface area contributed by atoms with Crippen molar-refractivity contribution >= 4 is 5.57 Å². The van der Waals surface area contributed by atoms with Gasteiger partial charge in [0, 0.05) is 0 Å². The van der Waals surface area contributed by atoms with E-state index in [1.54, 1.807) is 0 Å². The Bertz CT molecular complexity index is 2760. The highest BCUT2D eigenvalue weighted by Crippen LogP contribution is 2.39. The zero-order valence-corrected chi connectivity index (χ0v) is 36.1. The molecule has 316 valence electrons. The molecule has 0 N–H and O–H groups in total. The van der Waals surface area contributed by atoms with Crippen LogP contribution in [0.1, 0.15) is 11.1 Å². The van der Waals surface area contributed by atoms with E-state index in [2.05, 4.69) is 84.9 Å².